The summed E-state index contributed by atoms with van der Waals surface area (Å²) in [5.41, 5.74) is 2.21. The Kier molecular flexibility index (Phi) is 4.55. The maximum atomic E-state index is 11.9. The molecule has 1 aliphatic rings. The molecule has 1 N–H and O–H groups in total. The summed E-state index contributed by atoms with van der Waals surface area (Å²) in [6.45, 7) is 2.06. The van der Waals surface area contributed by atoms with Gasteiger partial charge >= 0.3 is 0 Å². The monoisotopic (exact) mass is 319 g/mol. The second-order valence-electron chi connectivity index (χ2n) is 5.13. The lowest BCUT2D eigenvalue weighted by atomic mass is 9.99. The first-order valence-electron chi connectivity index (χ1n) is 7.08. The third-order valence-corrected chi connectivity index (χ3v) is 5.77. The fourth-order valence-electron chi connectivity index (χ4n) is 2.33. The Bertz CT molecular complexity index is 641. The summed E-state index contributed by atoms with van der Waals surface area (Å²) in [5.74, 6) is 0.356. The summed E-state index contributed by atoms with van der Waals surface area (Å²) in [5, 5.41) is 12.5. The summed E-state index contributed by atoms with van der Waals surface area (Å²) in [6.07, 6.45) is 3.84. The maximum Gasteiger partial charge on any atom is 0.210 e. The largest absolute Gasteiger partial charge is 0.330 e. The molecule has 0 aliphatic heterocycles. The van der Waals surface area contributed by atoms with Gasteiger partial charge in [0.05, 0.1) is 5.25 Å². The van der Waals surface area contributed by atoms with Crippen molar-refractivity contribution in [2.75, 3.05) is 5.32 Å². The number of carbonyl (C=O) groups is 1. The van der Waals surface area contributed by atoms with E-state index in [1.54, 1.807) is 11.8 Å². The number of anilines is 2. The molecule has 110 valence electrons. The van der Waals surface area contributed by atoms with Gasteiger partial charge in [-0.1, -0.05) is 47.7 Å². The number of nitrogens with zero attached hydrogens (tertiary/aromatic N) is 2. The number of nitrogens with one attached hydrogen (secondary N) is 1. The van der Waals surface area contributed by atoms with Gasteiger partial charge in [-0.3, -0.25) is 4.79 Å². The summed E-state index contributed by atoms with van der Waals surface area (Å²) < 4.78 is 0.867. The molecule has 1 aliphatic carbocycles. The summed E-state index contributed by atoms with van der Waals surface area (Å²) in [7, 11) is 0. The van der Waals surface area contributed by atoms with Gasteiger partial charge in [-0.2, -0.15) is 0 Å². The topological polar surface area (TPSA) is 54.9 Å². The fraction of sp³-hybridized carbons (Fsp3) is 0.400. The van der Waals surface area contributed by atoms with Crippen molar-refractivity contribution < 1.29 is 4.79 Å². The third-order valence-electron chi connectivity index (χ3n) is 3.53. The number of benzene rings is 1. The molecule has 1 fully saturated rings. The lowest BCUT2D eigenvalue weighted by Crippen LogP contribution is -2.21. The molecule has 0 amide bonds. The van der Waals surface area contributed by atoms with E-state index in [4.69, 9.17) is 0 Å². The first kappa shape index (κ1) is 14.5. The van der Waals surface area contributed by atoms with Gasteiger partial charge in [-0.15, -0.1) is 10.2 Å². The Morgan fingerprint density at radius 1 is 1.29 bits per heavy atom. The third kappa shape index (κ3) is 3.63. The molecule has 0 spiro atoms. The number of rotatable bonds is 4. The average Bonchev–Trinajstić information content (AvgIpc) is 2.91. The minimum atomic E-state index is 0.0676. The summed E-state index contributed by atoms with van der Waals surface area (Å²) in [6, 6.07) is 8.08. The van der Waals surface area contributed by atoms with Gasteiger partial charge in [-0.25, -0.2) is 0 Å². The molecular weight excluding hydrogens is 302 g/mol. The van der Waals surface area contributed by atoms with Gasteiger partial charge in [0.15, 0.2) is 4.34 Å². The van der Waals surface area contributed by atoms with Crippen LogP contribution >= 0.6 is 23.1 Å². The molecule has 21 heavy (non-hydrogen) atoms. The first-order valence-corrected chi connectivity index (χ1v) is 8.77. The number of ketones is 1. The molecule has 6 heteroatoms. The first-order chi connectivity index (χ1) is 10.2. The lowest BCUT2D eigenvalue weighted by Gasteiger charge is -2.17. The molecule has 1 aromatic carbocycles. The Morgan fingerprint density at radius 2 is 2.14 bits per heavy atom. The smallest absolute Gasteiger partial charge is 0.210 e. The summed E-state index contributed by atoms with van der Waals surface area (Å²) in [4.78, 5) is 11.9. The molecule has 1 heterocycles. The average molecular weight is 319 g/mol. The molecule has 0 radical (unpaired) electrons. The van der Waals surface area contributed by atoms with E-state index in [0.29, 0.717) is 12.2 Å². The molecule has 1 aromatic heterocycles. The van der Waals surface area contributed by atoms with Crippen molar-refractivity contribution in [3.63, 3.8) is 0 Å². The van der Waals surface area contributed by atoms with E-state index < -0.39 is 0 Å². The zero-order valence-corrected chi connectivity index (χ0v) is 13.5. The number of carbonyl (C=O) groups excluding carboxylic acids is 1. The standard InChI is InChI=1S/C15H17N3OS2/c1-10-6-2-3-7-11(10)16-14-17-18-15(21-14)20-13-9-5-4-8-12(13)19/h2-3,6-7,13H,4-5,8-9H2,1H3,(H,16,17)/t13-/m1/s1. The fourth-order valence-corrected chi connectivity index (χ4v) is 4.47. The number of hydrogen-bond acceptors (Lipinski definition) is 6. The highest BCUT2D eigenvalue weighted by Crippen LogP contribution is 2.35. The quantitative estimate of drug-likeness (QED) is 0.915. The van der Waals surface area contributed by atoms with E-state index in [2.05, 4.69) is 28.5 Å². The maximum absolute atomic E-state index is 11.9. The molecule has 0 bridgehead atoms. The molecule has 1 saturated carbocycles. The van der Waals surface area contributed by atoms with Crippen LogP contribution < -0.4 is 5.32 Å². The van der Waals surface area contributed by atoms with Crippen molar-refractivity contribution in [2.24, 2.45) is 0 Å². The van der Waals surface area contributed by atoms with Crippen molar-refractivity contribution in [2.45, 2.75) is 42.2 Å². The van der Waals surface area contributed by atoms with E-state index in [-0.39, 0.29) is 5.25 Å². The number of Topliss-reactive ketones (excluding diaryl/α,β-unsaturated/α-hetero) is 1. The second-order valence-corrected chi connectivity index (χ2v) is 7.56. The SMILES string of the molecule is Cc1ccccc1Nc1nnc(S[C@@H]2CCCCC2=O)s1. The Morgan fingerprint density at radius 3 is 2.95 bits per heavy atom. The molecule has 4 nitrogen and oxygen atoms in total. The number of thioether (sulfide) groups is 1. The van der Waals surface area contributed by atoms with Crippen LogP contribution in [0.5, 0.6) is 0 Å². The minimum Gasteiger partial charge on any atom is -0.330 e. The van der Waals surface area contributed by atoms with Crippen LogP contribution in [0.25, 0.3) is 0 Å². The van der Waals surface area contributed by atoms with Crippen molar-refractivity contribution in [1.29, 1.82) is 0 Å². The van der Waals surface area contributed by atoms with Crippen LogP contribution in [-0.4, -0.2) is 21.2 Å². The normalized spacial score (nSPS) is 18.7. The molecule has 0 saturated heterocycles. The molecule has 0 unspecified atom stereocenters. The lowest BCUT2D eigenvalue weighted by molar-refractivity contribution is -0.119. The van der Waals surface area contributed by atoms with Crippen LogP contribution in [0.4, 0.5) is 10.8 Å². The number of aryl methyl sites for hydroxylation is 1. The number of aromatic nitrogens is 2. The number of para-hydroxylation sites is 1. The van der Waals surface area contributed by atoms with Crippen LogP contribution in [0.2, 0.25) is 0 Å². The highest BCUT2D eigenvalue weighted by Gasteiger charge is 2.24. The van der Waals surface area contributed by atoms with Crippen molar-refractivity contribution in [1.82, 2.24) is 10.2 Å². The van der Waals surface area contributed by atoms with Gasteiger partial charge in [0, 0.05) is 12.1 Å². The highest BCUT2D eigenvalue weighted by atomic mass is 32.2. The highest BCUT2D eigenvalue weighted by molar-refractivity contribution is 8.02. The van der Waals surface area contributed by atoms with Crippen molar-refractivity contribution >= 4 is 39.7 Å². The van der Waals surface area contributed by atoms with Crippen LogP contribution in [0.3, 0.4) is 0 Å². The Labute approximate surface area is 132 Å². The molecule has 2 aromatic rings. The Hall–Kier alpha value is -1.40. The molecule has 1 atom stereocenters. The van der Waals surface area contributed by atoms with Crippen LogP contribution in [0.1, 0.15) is 31.2 Å². The molecular formula is C15H17N3OS2. The summed E-state index contributed by atoms with van der Waals surface area (Å²) >= 11 is 3.07. The van der Waals surface area contributed by atoms with Crippen LogP contribution in [0.15, 0.2) is 28.6 Å². The number of hydrogen-bond donors (Lipinski definition) is 1. The predicted octanol–water partition coefficient (Wildman–Crippen LogP) is 4.19. The zero-order chi connectivity index (χ0) is 14.7. The van der Waals surface area contributed by atoms with Crippen LogP contribution in [0, 0.1) is 6.92 Å². The van der Waals surface area contributed by atoms with Crippen molar-refractivity contribution in [3.8, 4) is 0 Å². The molecule has 3 rings (SSSR count). The van der Waals surface area contributed by atoms with Gasteiger partial charge in [0.2, 0.25) is 5.13 Å². The van der Waals surface area contributed by atoms with Gasteiger partial charge in [0.25, 0.3) is 0 Å². The van der Waals surface area contributed by atoms with E-state index in [9.17, 15) is 4.79 Å². The van der Waals surface area contributed by atoms with E-state index in [1.165, 1.54) is 16.9 Å². The van der Waals surface area contributed by atoms with Gasteiger partial charge in [0.1, 0.15) is 5.78 Å². The predicted molar refractivity (Wildman–Crippen MR) is 87.5 cm³/mol. The van der Waals surface area contributed by atoms with Crippen LogP contribution in [-0.2, 0) is 4.79 Å². The minimum absolute atomic E-state index is 0.0676. The van der Waals surface area contributed by atoms with E-state index in [1.807, 2.05) is 18.2 Å². The Balaban J connectivity index is 1.66. The second kappa shape index (κ2) is 6.58. The van der Waals surface area contributed by atoms with Gasteiger partial charge in [-0.05, 0) is 31.4 Å². The van der Waals surface area contributed by atoms with E-state index in [0.717, 1.165) is 34.4 Å². The van der Waals surface area contributed by atoms with Gasteiger partial charge < -0.3 is 5.32 Å². The zero-order valence-electron chi connectivity index (χ0n) is 11.8. The van der Waals surface area contributed by atoms with Crippen molar-refractivity contribution in [3.05, 3.63) is 29.8 Å². The van der Waals surface area contributed by atoms with E-state index >= 15 is 0 Å².